The van der Waals surface area contributed by atoms with Crippen LogP contribution in [0.15, 0.2) is 42.5 Å². The Balaban J connectivity index is 1.49. The first-order chi connectivity index (χ1) is 13.5. The maximum atomic E-state index is 12.6. The first kappa shape index (κ1) is 20.5. The largest absolute Gasteiger partial charge is 0.497 e. The molecule has 0 aliphatic carbocycles. The second-order valence-corrected chi connectivity index (χ2v) is 7.48. The lowest BCUT2D eigenvalue weighted by Gasteiger charge is -2.35. The minimum atomic E-state index is -0.0253. The Morgan fingerprint density at radius 3 is 2.21 bits per heavy atom. The van der Waals surface area contributed by atoms with Gasteiger partial charge in [0.25, 0.3) is 5.91 Å². The minimum Gasteiger partial charge on any atom is -0.497 e. The van der Waals surface area contributed by atoms with E-state index in [0.717, 1.165) is 5.56 Å². The number of piperazine rings is 1. The van der Waals surface area contributed by atoms with E-state index in [4.69, 9.17) is 27.9 Å². The molecule has 0 unspecified atom stereocenters. The van der Waals surface area contributed by atoms with Crippen LogP contribution in [-0.4, -0.2) is 54.9 Å². The van der Waals surface area contributed by atoms with E-state index in [2.05, 4.69) is 0 Å². The molecule has 5 nitrogen and oxygen atoms in total. The maximum absolute atomic E-state index is 12.6. The summed E-state index contributed by atoms with van der Waals surface area (Å²) >= 11 is 12.1. The van der Waals surface area contributed by atoms with Crippen LogP contribution in [0, 0.1) is 0 Å². The zero-order valence-electron chi connectivity index (χ0n) is 15.7. The fourth-order valence-electron chi connectivity index (χ4n) is 3.20. The number of carbonyl (C=O) groups excluding carboxylic acids is 2. The van der Waals surface area contributed by atoms with Crippen molar-refractivity contribution in [1.29, 1.82) is 0 Å². The molecule has 148 valence electrons. The van der Waals surface area contributed by atoms with Crippen LogP contribution in [0.4, 0.5) is 0 Å². The van der Waals surface area contributed by atoms with Crippen molar-refractivity contribution in [2.24, 2.45) is 0 Å². The number of aryl methyl sites for hydroxylation is 1. The van der Waals surface area contributed by atoms with Crippen molar-refractivity contribution < 1.29 is 14.3 Å². The van der Waals surface area contributed by atoms with Crippen molar-refractivity contribution in [2.45, 2.75) is 12.8 Å². The van der Waals surface area contributed by atoms with Gasteiger partial charge in [0.2, 0.25) is 5.91 Å². The topological polar surface area (TPSA) is 49.9 Å². The highest BCUT2D eigenvalue weighted by Gasteiger charge is 2.24. The van der Waals surface area contributed by atoms with Gasteiger partial charge in [-0.05, 0) is 48.4 Å². The molecule has 0 bridgehead atoms. The first-order valence-corrected chi connectivity index (χ1v) is 9.88. The van der Waals surface area contributed by atoms with Crippen molar-refractivity contribution in [2.75, 3.05) is 33.3 Å². The van der Waals surface area contributed by atoms with E-state index in [0.29, 0.717) is 60.4 Å². The lowest BCUT2D eigenvalue weighted by Crippen LogP contribution is -2.50. The Kier molecular flexibility index (Phi) is 6.81. The molecular weight excluding hydrogens is 399 g/mol. The monoisotopic (exact) mass is 420 g/mol. The average Bonchev–Trinajstić information content (AvgIpc) is 2.72. The molecule has 28 heavy (non-hydrogen) atoms. The molecule has 0 saturated carbocycles. The van der Waals surface area contributed by atoms with Gasteiger partial charge in [0.1, 0.15) is 5.75 Å². The van der Waals surface area contributed by atoms with Crippen LogP contribution in [0.2, 0.25) is 10.0 Å². The van der Waals surface area contributed by atoms with Crippen molar-refractivity contribution in [3.63, 3.8) is 0 Å². The first-order valence-electron chi connectivity index (χ1n) is 9.13. The summed E-state index contributed by atoms with van der Waals surface area (Å²) < 4.78 is 5.12. The molecule has 7 heteroatoms. The van der Waals surface area contributed by atoms with Crippen LogP contribution in [-0.2, 0) is 11.2 Å². The molecule has 0 aromatic heterocycles. The summed E-state index contributed by atoms with van der Waals surface area (Å²) in [4.78, 5) is 28.7. The number of halogens is 2. The summed E-state index contributed by atoms with van der Waals surface area (Å²) in [6.07, 6.45) is 0.952. The molecule has 0 N–H and O–H groups in total. The Hall–Kier alpha value is -2.24. The minimum absolute atomic E-state index is 0.0253. The predicted octanol–water partition coefficient (Wildman–Crippen LogP) is 3.92. The Labute approximate surface area is 174 Å². The third kappa shape index (κ3) is 4.97. The highest BCUT2D eigenvalue weighted by atomic mass is 35.5. The fraction of sp³-hybridized carbons (Fsp3) is 0.333. The summed E-state index contributed by atoms with van der Waals surface area (Å²) in [6.45, 7) is 2.13. The van der Waals surface area contributed by atoms with Gasteiger partial charge in [0.05, 0.1) is 7.11 Å². The fourth-order valence-corrected chi connectivity index (χ4v) is 3.70. The quantitative estimate of drug-likeness (QED) is 0.736. The molecule has 2 amide bonds. The van der Waals surface area contributed by atoms with E-state index < -0.39 is 0 Å². The van der Waals surface area contributed by atoms with Crippen molar-refractivity contribution in [3.8, 4) is 5.75 Å². The van der Waals surface area contributed by atoms with Crippen molar-refractivity contribution in [3.05, 3.63) is 63.6 Å². The third-order valence-corrected chi connectivity index (χ3v) is 5.47. The van der Waals surface area contributed by atoms with Gasteiger partial charge in [-0.15, -0.1) is 0 Å². The number of rotatable bonds is 5. The van der Waals surface area contributed by atoms with Crippen LogP contribution in [0.3, 0.4) is 0 Å². The van der Waals surface area contributed by atoms with E-state index in [9.17, 15) is 9.59 Å². The number of carbonyl (C=O) groups is 2. The van der Waals surface area contributed by atoms with Crippen LogP contribution < -0.4 is 4.74 Å². The van der Waals surface area contributed by atoms with Crippen LogP contribution in [0.5, 0.6) is 5.75 Å². The highest BCUT2D eigenvalue weighted by molar-refractivity contribution is 6.35. The van der Waals surface area contributed by atoms with Gasteiger partial charge < -0.3 is 14.5 Å². The Bertz CT molecular complexity index is 847. The lowest BCUT2D eigenvalue weighted by atomic mass is 10.1. The van der Waals surface area contributed by atoms with Gasteiger partial charge in [-0.25, -0.2) is 0 Å². The highest BCUT2D eigenvalue weighted by Crippen LogP contribution is 2.22. The molecule has 1 heterocycles. The summed E-state index contributed by atoms with van der Waals surface area (Å²) in [6, 6.07) is 12.4. The van der Waals surface area contributed by atoms with E-state index in [1.165, 1.54) is 0 Å². The summed E-state index contributed by atoms with van der Waals surface area (Å²) in [7, 11) is 1.59. The van der Waals surface area contributed by atoms with Gasteiger partial charge in [-0.2, -0.15) is 0 Å². The third-order valence-electron chi connectivity index (χ3n) is 4.88. The number of methoxy groups -OCH3 is 1. The molecule has 1 aliphatic rings. The number of hydrogen-bond donors (Lipinski definition) is 0. The Morgan fingerprint density at radius 2 is 1.61 bits per heavy atom. The van der Waals surface area contributed by atoms with Gasteiger partial charge in [0, 0.05) is 48.2 Å². The second-order valence-electron chi connectivity index (χ2n) is 6.64. The van der Waals surface area contributed by atoms with E-state index in [1.54, 1.807) is 48.4 Å². The van der Waals surface area contributed by atoms with Crippen LogP contribution >= 0.6 is 23.2 Å². The summed E-state index contributed by atoms with van der Waals surface area (Å²) in [5.41, 5.74) is 1.53. The predicted molar refractivity (Wildman–Crippen MR) is 110 cm³/mol. The van der Waals surface area contributed by atoms with Gasteiger partial charge in [0.15, 0.2) is 0 Å². The molecule has 1 fully saturated rings. The maximum Gasteiger partial charge on any atom is 0.253 e. The van der Waals surface area contributed by atoms with Gasteiger partial charge in [-0.1, -0.05) is 29.3 Å². The van der Waals surface area contributed by atoms with Gasteiger partial charge >= 0.3 is 0 Å². The van der Waals surface area contributed by atoms with Gasteiger partial charge in [-0.3, -0.25) is 9.59 Å². The number of hydrogen-bond acceptors (Lipinski definition) is 3. The molecule has 0 radical (unpaired) electrons. The van der Waals surface area contributed by atoms with E-state index in [1.807, 2.05) is 11.0 Å². The molecule has 0 atom stereocenters. The van der Waals surface area contributed by atoms with Crippen LogP contribution in [0.1, 0.15) is 22.3 Å². The number of ether oxygens (including phenoxy) is 1. The number of amides is 2. The summed E-state index contributed by atoms with van der Waals surface area (Å²) in [5.74, 6) is 0.762. The molecular formula is C21H22Cl2N2O3. The second kappa shape index (κ2) is 9.30. The zero-order chi connectivity index (χ0) is 20.1. The molecule has 0 spiro atoms. The summed E-state index contributed by atoms with van der Waals surface area (Å²) in [5, 5.41) is 1.16. The van der Waals surface area contributed by atoms with E-state index in [-0.39, 0.29) is 11.8 Å². The number of nitrogens with zero attached hydrogens (tertiary/aromatic N) is 2. The normalized spacial score (nSPS) is 14.1. The van der Waals surface area contributed by atoms with Crippen molar-refractivity contribution in [1.82, 2.24) is 9.80 Å². The van der Waals surface area contributed by atoms with Crippen LogP contribution in [0.25, 0.3) is 0 Å². The standard InChI is InChI=1S/C21H22Cl2N2O3/c1-28-18-7-3-16(4-8-18)21(27)25-12-10-24(11-13-25)20(26)9-5-15-2-6-17(22)14-19(15)23/h2-4,6-8,14H,5,9-13H2,1H3. The molecule has 1 saturated heterocycles. The Morgan fingerprint density at radius 1 is 0.964 bits per heavy atom. The zero-order valence-corrected chi connectivity index (χ0v) is 17.2. The molecule has 2 aromatic carbocycles. The SMILES string of the molecule is COc1ccc(C(=O)N2CCN(C(=O)CCc3ccc(Cl)cc3Cl)CC2)cc1. The molecule has 1 aliphatic heterocycles. The lowest BCUT2D eigenvalue weighted by molar-refractivity contribution is -0.132. The van der Waals surface area contributed by atoms with Crippen molar-refractivity contribution >= 4 is 35.0 Å². The molecule has 3 rings (SSSR count). The average molecular weight is 421 g/mol. The van der Waals surface area contributed by atoms with E-state index >= 15 is 0 Å². The smallest absolute Gasteiger partial charge is 0.253 e. The number of benzene rings is 2. The molecule has 2 aromatic rings.